The molecule has 3 atom stereocenters. The number of imidazole rings is 1. The standard InChI is InChI=1S/C19H26N4OS/c1-11-7-6-8-23-14(11)16(25-5)21-17(23)18(2,3)22-15(24)13-12-9-20-10-19(12,13)4/h6-8,12-13,20H,9-10H2,1-5H3,(H,22,24)/t12-,13+,19-/m1/s1. The Morgan fingerprint density at radius 2 is 2.28 bits per heavy atom. The summed E-state index contributed by atoms with van der Waals surface area (Å²) in [6, 6.07) is 4.14. The molecule has 2 aliphatic rings. The van der Waals surface area contributed by atoms with Gasteiger partial charge in [-0.25, -0.2) is 4.98 Å². The van der Waals surface area contributed by atoms with Gasteiger partial charge in [0.05, 0.1) is 11.1 Å². The minimum Gasteiger partial charge on any atom is -0.344 e. The molecule has 0 bridgehead atoms. The average Bonchev–Trinajstić information content (AvgIpc) is 2.88. The Bertz CT molecular complexity index is 858. The molecular weight excluding hydrogens is 332 g/mol. The van der Waals surface area contributed by atoms with Crippen LogP contribution in [0.25, 0.3) is 5.52 Å². The zero-order valence-electron chi connectivity index (χ0n) is 15.5. The lowest BCUT2D eigenvalue weighted by Crippen LogP contribution is -2.44. The number of aryl methyl sites for hydroxylation is 1. The molecule has 1 saturated carbocycles. The van der Waals surface area contributed by atoms with E-state index < -0.39 is 5.54 Å². The van der Waals surface area contributed by atoms with Gasteiger partial charge in [0.1, 0.15) is 10.9 Å². The van der Waals surface area contributed by atoms with Crippen LogP contribution >= 0.6 is 11.8 Å². The molecule has 2 N–H and O–H groups in total. The van der Waals surface area contributed by atoms with Gasteiger partial charge in [-0.3, -0.25) is 4.79 Å². The van der Waals surface area contributed by atoms with Gasteiger partial charge in [0.25, 0.3) is 0 Å². The van der Waals surface area contributed by atoms with Crippen LogP contribution in [0.1, 0.15) is 32.2 Å². The first-order valence-corrected chi connectivity index (χ1v) is 10.1. The number of nitrogens with zero attached hydrogens (tertiary/aromatic N) is 2. The Morgan fingerprint density at radius 1 is 1.52 bits per heavy atom. The largest absolute Gasteiger partial charge is 0.344 e. The molecule has 6 heteroatoms. The minimum absolute atomic E-state index is 0.126. The van der Waals surface area contributed by atoms with Gasteiger partial charge in [0.2, 0.25) is 5.91 Å². The third kappa shape index (κ3) is 2.41. The maximum Gasteiger partial charge on any atom is 0.224 e. The van der Waals surface area contributed by atoms with Crippen molar-refractivity contribution in [2.24, 2.45) is 17.3 Å². The lowest BCUT2D eigenvalue weighted by Gasteiger charge is -2.26. The number of pyridine rings is 1. The summed E-state index contributed by atoms with van der Waals surface area (Å²) in [6.45, 7) is 10.3. The Balaban J connectivity index is 1.66. The third-order valence-corrected chi connectivity index (χ3v) is 6.70. The molecule has 1 saturated heterocycles. The summed E-state index contributed by atoms with van der Waals surface area (Å²) in [5.41, 5.74) is 1.94. The van der Waals surface area contributed by atoms with Crippen molar-refractivity contribution in [2.45, 2.75) is 38.3 Å². The maximum absolute atomic E-state index is 12.9. The molecule has 4 rings (SSSR count). The first-order valence-electron chi connectivity index (χ1n) is 8.84. The van der Waals surface area contributed by atoms with Crippen LogP contribution in [0, 0.1) is 24.2 Å². The Kier molecular flexibility index (Phi) is 3.71. The van der Waals surface area contributed by atoms with Crippen LogP contribution in [0.5, 0.6) is 0 Å². The van der Waals surface area contributed by atoms with E-state index in [0.717, 1.165) is 29.5 Å². The van der Waals surface area contributed by atoms with Crippen molar-refractivity contribution in [3.8, 4) is 0 Å². The van der Waals surface area contributed by atoms with Crippen molar-refractivity contribution < 1.29 is 4.79 Å². The molecule has 5 nitrogen and oxygen atoms in total. The van der Waals surface area contributed by atoms with E-state index in [1.807, 2.05) is 32.4 Å². The van der Waals surface area contributed by atoms with Crippen molar-refractivity contribution in [2.75, 3.05) is 19.3 Å². The second-order valence-corrected chi connectivity index (χ2v) is 8.98. The second kappa shape index (κ2) is 5.48. The van der Waals surface area contributed by atoms with E-state index in [0.29, 0.717) is 5.92 Å². The van der Waals surface area contributed by atoms with E-state index in [1.54, 1.807) is 11.8 Å². The predicted octanol–water partition coefficient (Wildman–Crippen LogP) is 2.57. The van der Waals surface area contributed by atoms with Crippen molar-refractivity contribution in [3.05, 3.63) is 29.7 Å². The number of piperidine rings is 1. The minimum atomic E-state index is -0.525. The molecule has 3 heterocycles. The van der Waals surface area contributed by atoms with Gasteiger partial charge >= 0.3 is 0 Å². The quantitative estimate of drug-likeness (QED) is 0.825. The topological polar surface area (TPSA) is 58.4 Å². The molecule has 25 heavy (non-hydrogen) atoms. The van der Waals surface area contributed by atoms with Gasteiger partial charge in [-0.15, -0.1) is 11.8 Å². The third-order valence-electron chi connectivity index (χ3n) is 6.03. The highest BCUT2D eigenvalue weighted by Gasteiger charge is 2.67. The number of hydrogen-bond donors (Lipinski definition) is 2. The Hall–Kier alpha value is -1.53. The zero-order valence-corrected chi connectivity index (χ0v) is 16.3. The van der Waals surface area contributed by atoms with Crippen LogP contribution in [0.4, 0.5) is 0 Å². The Morgan fingerprint density at radius 3 is 2.92 bits per heavy atom. The fourth-order valence-corrected chi connectivity index (χ4v) is 5.16. The van der Waals surface area contributed by atoms with E-state index in [9.17, 15) is 4.79 Å². The summed E-state index contributed by atoms with van der Waals surface area (Å²) in [5.74, 6) is 1.65. The van der Waals surface area contributed by atoms with Crippen LogP contribution in [0.3, 0.4) is 0 Å². The van der Waals surface area contributed by atoms with Crippen LogP contribution in [0.15, 0.2) is 23.4 Å². The van der Waals surface area contributed by atoms with Gasteiger partial charge in [0.15, 0.2) is 0 Å². The van der Waals surface area contributed by atoms with Crippen LogP contribution in [0.2, 0.25) is 0 Å². The summed E-state index contributed by atoms with van der Waals surface area (Å²) in [6.07, 6.45) is 4.08. The molecule has 2 aromatic rings. The number of amides is 1. The molecule has 1 amide bonds. The van der Waals surface area contributed by atoms with Gasteiger partial charge in [0, 0.05) is 18.7 Å². The number of fused-ring (bicyclic) bond motifs is 2. The number of carbonyl (C=O) groups excluding carboxylic acids is 1. The molecule has 0 spiro atoms. The van der Waals surface area contributed by atoms with Crippen LogP contribution < -0.4 is 10.6 Å². The van der Waals surface area contributed by atoms with Crippen LogP contribution in [-0.4, -0.2) is 34.6 Å². The predicted molar refractivity (Wildman–Crippen MR) is 101 cm³/mol. The van der Waals surface area contributed by atoms with E-state index >= 15 is 0 Å². The van der Waals surface area contributed by atoms with E-state index in [-0.39, 0.29) is 17.2 Å². The van der Waals surface area contributed by atoms with E-state index in [2.05, 4.69) is 34.9 Å². The lowest BCUT2D eigenvalue weighted by molar-refractivity contribution is -0.125. The molecule has 1 aliphatic carbocycles. The first-order chi connectivity index (χ1) is 11.8. The second-order valence-electron chi connectivity index (χ2n) is 8.19. The van der Waals surface area contributed by atoms with E-state index in [4.69, 9.17) is 4.98 Å². The highest BCUT2D eigenvalue weighted by atomic mass is 32.2. The van der Waals surface area contributed by atoms with Crippen molar-refractivity contribution >= 4 is 23.2 Å². The summed E-state index contributed by atoms with van der Waals surface area (Å²) in [7, 11) is 0. The maximum atomic E-state index is 12.9. The summed E-state index contributed by atoms with van der Waals surface area (Å²) >= 11 is 1.65. The molecule has 0 radical (unpaired) electrons. The first kappa shape index (κ1) is 16.9. The molecule has 134 valence electrons. The highest BCUT2D eigenvalue weighted by molar-refractivity contribution is 7.98. The SMILES string of the molecule is CSc1nc(C(C)(C)NC(=O)[C@@H]2[C@H]3CNC[C@]32C)n2cccc(C)c12. The number of nitrogens with one attached hydrogen (secondary N) is 2. The van der Waals surface area contributed by atoms with Gasteiger partial charge < -0.3 is 15.0 Å². The number of hydrogen-bond acceptors (Lipinski definition) is 4. The number of carbonyl (C=O) groups is 1. The van der Waals surface area contributed by atoms with Crippen molar-refractivity contribution in [1.82, 2.24) is 20.0 Å². The molecule has 0 aromatic carbocycles. The number of thioether (sulfide) groups is 1. The molecule has 0 unspecified atom stereocenters. The van der Waals surface area contributed by atoms with Gasteiger partial charge in [-0.2, -0.15) is 0 Å². The zero-order chi connectivity index (χ0) is 18.0. The summed E-state index contributed by atoms with van der Waals surface area (Å²) in [5, 5.41) is 7.67. The van der Waals surface area contributed by atoms with Gasteiger partial charge in [-0.05, 0) is 56.5 Å². The van der Waals surface area contributed by atoms with E-state index in [1.165, 1.54) is 5.56 Å². The summed E-state index contributed by atoms with van der Waals surface area (Å²) in [4.78, 5) is 17.8. The molecule has 2 fully saturated rings. The number of aromatic nitrogens is 2. The molecule has 2 aromatic heterocycles. The number of rotatable bonds is 4. The molecular formula is C19H26N4OS. The highest BCUT2D eigenvalue weighted by Crippen LogP contribution is 2.60. The normalized spacial score (nSPS) is 28.2. The lowest BCUT2D eigenvalue weighted by atomic mass is 10.0. The van der Waals surface area contributed by atoms with Crippen LogP contribution in [-0.2, 0) is 10.3 Å². The van der Waals surface area contributed by atoms with Crippen molar-refractivity contribution in [1.29, 1.82) is 0 Å². The summed E-state index contributed by atoms with van der Waals surface area (Å²) < 4.78 is 2.12. The fraction of sp³-hybridized carbons (Fsp3) is 0.579. The smallest absolute Gasteiger partial charge is 0.224 e. The monoisotopic (exact) mass is 358 g/mol. The van der Waals surface area contributed by atoms with Gasteiger partial charge in [-0.1, -0.05) is 13.0 Å². The fourth-order valence-electron chi connectivity index (χ4n) is 4.53. The van der Waals surface area contributed by atoms with Crippen molar-refractivity contribution in [3.63, 3.8) is 0 Å². The Labute approximate surface area is 153 Å². The average molecular weight is 359 g/mol. The molecule has 1 aliphatic heterocycles.